The molecule has 45 heavy (non-hydrogen) atoms. The van der Waals surface area contributed by atoms with Crippen LogP contribution in [0.4, 0.5) is 0 Å². The second-order valence-corrected chi connectivity index (χ2v) is 11.4. The van der Waals surface area contributed by atoms with Gasteiger partial charge in [-0.3, -0.25) is 4.57 Å². The van der Waals surface area contributed by atoms with Crippen molar-refractivity contribution in [3.05, 3.63) is 146 Å². The summed E-state index contributed by atoms with van der Waals surface area (Å²) in [5.41, 5.74) is 8.70. The van der Waals surface area contributed by atoms with Gasteiger partial charge in [-0.25, -0.2) is 9.97 Å². The first kappa shape index (κ1) is 24.3. The molecule has 0 N–H and O–H groups in total. The van der Waals surface area contributed by atoms with Gasteiger partial charge in [0.1, 0.15) is 11.1 Å². The SMILES string of the molecule is c1ccc(-c2nc(-n3c4ccccc4c4ccccc43)c3oc4cc5c(cc4c3n2)c2ccccc2n5-c2ccccc2)cc1. The Morgan fingerprint density at radius 1 is 0.444 bits per heavy atom. The number of hydrogen-bond donors (Lipinski definition) is 0. The van der Waals surface area contributed by atoms with Crippen molar-refractivity contribution in [1.82, 2.24) is 19.1 Å². The molecular weight excluding hydrogens is 552 g/mol. The first-order chi connectivity index (χ1) is 22.3. The van der Waals surface area contributed by atoms with Gasteiger partial charge in [0, 0.05) is 44.2 Å². The van der Waals surface area contributed by atoms with Crippen LogP contribution in [0.5, 0.6) is 0 Å². The van der Waals surface area contributed by atoms with Crippen LogP contribution in [0.3, 0.4) is 0 Å². The zero-order chi connectivity index (χ0) is 29.5. The van der Waals surface area contributed by atoms with Crippen LogP contribution in [0.15, 0.2) is 150 Å². The predicted molar refractivity (Wildman–Crippen MR) is 183 cm³/mol. The first-order valence-electron chi connectivity index (χ1n) is 15.1. The molecule has 0 aliphatic rings. The summed E-state index contributed by atoms with van der Waals surface area (Å²) < 4.78 is 11.4. The van der Waals surface area contributed by atoms with Crippen LogP contribution in [0.2, 0.25) is 0 Å². The quantitative estimate of drug-likeness (QED) is 0.210. The van der Waals surface area contributed by atoms with Crippen molar-refractivity contribution in [2.45, 2.75) is 0 Å². The number of hydrogen-bond acceptors (Lipinski definition) is 3. The molecule has 0 unspecified atom stereocenters. The normalized spacial score (nSPS) is 12.0. The molecule has 6 aromatic carbocycles. The minimum Gasteiger partial charge on any atom is -0.450 e. The smallest absolute Gasteiger partial charge is 0.197 e. The topological polar surface area (TPSA) is 48.8 Å². The van der Waals surface area contributed by atoms with Crippen molar-refractivity contribution in [3.8, 4) is 22.9 Å². The third-order valence-electron chi connectivity index (χ3n) is 8.93. The fourth-order valence-electron chi connectivity index (χ4n) is 6.96. The van der Waals surface area contributed by atoms with Gasteiger partial charge in [0.25, 0.3) is 0 Å². The van der Waals surface area contributed by atoms with E-state index in [0.717, 1.165) is 61.0 Å². The lowest BCUT2D eigenvalue weighted by Gasteiger charge is -2.09. The van der Waals surface area contributed by atoms with Gasteiger partial charge >= 0.3 is 0 Å². The van der Waals surface area contributed by atoms with E-state index in [9.17, 15) is 0 Å². The molecule has 4 aromatic heterocycles. The Balaban J connectivity index is 1.37. The van der Waals surface area contributed by atoms with E-state index in [1.807, 2.05) is 24.3 Å². The summed E-state index contributed by atoms with van der Waals surface area (Å²) in [7, 11) is 0. The fourth-order valence-corrected chi connectivity index (χ4v) is 6.96. The zero-order valence-electron chi connectivity index (χ0n) is 24.1. The number of nitrogens with zero attached hydrogens (tertiary/aromatic N) is 4. The summed E-state index contributed by atoms with van der Waals surface area (Å²) in [6, 6.07) is 50.6. The van der Waals surface area contributed by atoms with E-state index in [4.69, 9.17) is 14.4 Å². The molecule has 0 aliphatic heterocycles. The monoisotopic (exact) mass is 576 g/mol. The Kier molecular flexibility index (Phi) is 4.93. The fraction of sp³-hybridized carbons (Fsp3) is 0. The van der Waals surface area contributed by atoms with E-state index in [2.05, 4.69) is 130 Å². The van der Waals surface area contributed by atoms with Gasteiger partial charge in [0.15, 0.2) is 17.2 Å². The molecule has 0 amide bonds. The number of fused-ring (bicyclic) bond motifs is 9. The van der Waals surface area contributed by atoms with Crippen LogP contribution in [-0.2, 0) is 0 Å². The third-order valence-corrected chi connectivity index (χ3v) is 8.93. The van der Waals surface area contributed by atoms with Gasteiger partial charge in [-0.15, -0.1) is 0 Å². The third kappa shape index (κ3) is 3.43. The van der Waals surface area contributed by atoms with E-state index in [1.54, 1.807) is 0 Å². The molecule has 0 atom stereocenters. The van der Waals surface area contributed by atoms with Crippen molar-refractivity contribution >= 4 is 65.7 Å². The molecule has 0 spiro atoms. The van der Waals surface area contributed by atoms with Crippen molar-refractivity contribution in [2.24, 2.45) is 0 Å². The molecule has 0 bridgehead atoms. The van der Waals surface area contributed by atoms with Gasteiger partial charge in [0.2, 0.25) is 0 Å². The summed E-state index contributed by atoms with van der Waals surface area (Å²) >= 11 is 0. The van der Waals surface area contributed by atoms with Gasteiger partial charge < -0.3 is 8.98 Å². The number of benzene rings is 6. The minimum absolute atomic E-state index is 0.662. The Hall–Kier alpha value is -6.20. The first-order valence-corrected chi connectivity index (χ1v) is 15.1. The van der Waals surface area contributed by atoms with Crippen LogP contribution in [0.1, 0.15) is 0 Å². The lowest BCUT2D eigenvalue weighted by molar-refractivity contribution is 0.663. The average molecular weight is 577 g/mol. The van der Waals surface area contributed by atoms with Crippen LogP contribution in [0, 0.1) is 0 Å². The molecule has 0 saturated carbocycles. The lowest BCUT2D eigenvalue weighted by Crippen LogP contribution is -2.01. The van der Waals surface area contributed by atoms with Crippen LogP contribution in [-0.4, -0.2) is 19.1 Å². The Morgan fingerprint density at radius 3 is 1.67 bits per heavy atom. The van der Waals surface area contributed by atoms with E-state index in [1.165, 1.54) is 16.2 Å². The minimum atomic E-state index is 0.662. The molecule has 210 valence electrons. The maximum absolute atomic E-state index is 6.83. The highest BCUT2D eigenvalue weighted by atomic mass is 16.3. The molecule has 5 nitrogen and oxygen atoms in total. The molecule has 4 heterocycles. The molecule has 10 aromatic rings. The average Bonchev–Trinajstić information content (AvgIpc) is 3.75. The van der Waals surface area contributed by atoms with Gasteiger partial charge in [-0.2, -0.15) is 0 Å². The standard InChI is InChI=1S/C40H24N4O/c1-3-13-25(14-4-1)39-41-37-31-23-30-29-19-9-10-20-32(29)43(26-15-5-2-6-16-26)35(30)24-36(31)45-38(37)40(42-39)44-33-21-11-7-17-27(33)28-18-8-12-22-34(28)44/h1-24H. The number of para-hydroxylation sites is 4. The van der Waals surface area contributed by atoms with Gasteiger partial charge in [-0.1, -0.05) is 103 Å². The van der Waals surface area contributed by atoms with Crippen molar-refractivity contribution < 1.29 is 4.42 Å². The second kappa shape index (κ2) is 9.15. The zero-order valence-corrected chi connectivity index (χ0v) is 24.1. The Morgan fingerprint density at radius 2 is 1.00 bits per heavy atom. The summed E-state index contributed by atoms with van der Waals surface area (Å²) in [5.74, 6) is 1.39. The number of rotatable bonds is 3. The molecule has 5 heteroatoms. The Labute approximate surface area is 257 Å². The second-order valence-electron chi connectivity index (χ2n) is 11.4. The lowest BCUT2D eigenvalue weighted by atomic mass is 10.1. The molecule has 0 fully saturated rings. The summed E-state index contributed by atoms with van der Waals surface area (Å²) in [6.45, 7) is 0. The molecule has 10 rings (SSSR count). The van der Waals surface area contributed by atoms with E-state index < -0.39 is 0 Å². The maximum Gasteiger partial charge on any atom is 0.197 e. The van der Waals surface area contributed by atoms with Crippen molar-refractivity contribution in [1.29, 1.82) is 0 Å². The van der Waals surface area contributed by atoms with E-state index >= 15 is 0 Å². The van der Waals surface area contributed by atoms with E-state index in [0.29, 0.717) is 11.4 Å². The molecule has 0 saturated heterocycles. The van der Waals surface area contributed by atoms with Crippen LogP contribution >= 0.6 is 0 Å². The summed E-state index contributed by atoms with van der Waals surface area (Å²) in [5, 5.41) is 5.66. The van der Waals surface area contributed by atoms with Gasteiger partial charge in [-0.05, 0) is 36.4 Å². The summed E-state index contributed by atoms with van der Waals surface area (Å²) in [6.07, 6.45) is 0. The summed E-state index contributed by atoms with van der Waals surface area (Å²) in [4.78, 5) is 10.4. The molecule has 0 aliphatic carbocycles. The highest BCUT2D eigenvalue weighted by Crippen LogP contribution is 2.41. The van der Waals surface area contributed by atoms with Gasteiger partial charge in [0.05, 0.1) is 22.1 Å². The Bertz CT molecular complexity index is 2700. The highest BCUT2D eigenvalue weighted by Gasteiger charge is 2.23. The maximum atomic E-state index is 6.83. The van der Waals surface area contributed by atoms with Crippen molar-refractivity contribution in [2.75, 3.05) is 0 Å². The number of aromatic nitrogens is 4. The van der Waals surface area contributed by atoms with Crippen LogP contribution in [0.25, 0.3) is 88.6 Å². The number of furan rings is 1. The molecular formula is C40H24N4O. The van der Waals surface area contributed by atoms with Crippen molar-refractivity contribution in [3.63, 3.8) is 0 Å². The van der Waals surface area contributed by atoms with E-state index in [-0.39, 0.29) is 0 Å². The predicted octanol–water partition coefficient (Wildman–Crippen LogP) is 10.2. The largest absolute Gasteiger partial charge is 0.450 e. The highest BCUT2D eigenvalue weighted by molar-refractivity contribution is 6.18. The van der Waals surface area contributed by atoms with Crippen LogP contribution < -0.4 is 0 Å². The molecule has 0 radical (unpaired) electrons.